The molecule has 0 spiro atoms. The molecule has 0 aliphatic rings. The number of benzene rings is 3. The summed E-state index contributed by atoms with van der Waals surface area (Å²) in [5.41, 5.74) is 3.01. The molecule has 3 aromatic rings. The highest BCUT2D eigenvalue weighted by molar-refractivity contribution is 7.84. The van der Waals surface area contributed by atoms with Crippen LogP contribution in [0.25, 0.3) is 0 Å². The Hall–Kier alpha value is -2.38. The average Bonchev–Trinajstić information content (AvgIpc) is 2.74. The van der Waals surface area contributed by atoms with Gasteiger partial charge in [-0.3, -0.25) is 4.79 Å². The van der Waals surface area contributed by atoms with E-state index in [-0.39, 0.29) is 23.4 Å². The van der Waals surface area contributed by atoms with E-state index in [1.54, 1.807) is 60.7 Å². The van der Waals surface area contributed by atoms with Crippen molar-refractivity contribution in [3.63, 3.8) is 0 Å². The first-order valence-corrected chi connectivity index (χ1v) is 13.1. The largest absolute Gasteiger partial charge is 0.380 e. The number of ketones is 1. The van der Waals surface area contributed by atoms with Gasteiger partial charge in [-0.1, -0.05) is 87.3 Å². The summed E-state index contributed by atoms with van der Waals surface area (Å²) < 4.78 is 29.1. The van der Waals surface area contributed by atoms with Crippen molar-refractivity contribution in [2.24, 2.45) is 5.14 Å². The summed E-state index contributed by atoms with van der Waals surface area (Å²) in [5.74, 6) is -1.03. The first-order valence-electron chi connectivity index (χ1n) is 10.8. The summed E-state index contributed by atoms with van der Waals surface area (Å²) in [7, 11) is -4.31. The lowest BCUT2D eigenvalue weighted by molar-refractivity contribution is 0.0972. The lowest BCUT2D eigenvalue weighted by atomic mass is 9.80. The molecule has 0 saturated carbocycles. The number of nitrogens with two attached hydrogens (primary N) is 1. The Balaban J connectivity index is 2.27. The Morgan fingerprint density at radius 1 is 0.794 bits per heavy atom. The minimum absolute atomic E-state index is 0.0540. The van der Waals surface area contributed by atoms with E-state index in [1.165, 1.54) is 0 Å². The van der Waals surface area contributed by atoms with Gasteiger partial charge in [0, 0.05) is 21.2 Å². The van der Waals surface area contributed by atoms with Crippen molar-refractivity contribution in [2.75, 3.05) is 0 Å². The van der Waals surface area contributed by atoms with Crippen LogP contribution in [0.4, 0.5) is 0 Å². The molecule has 0 fully saturated rings. The lowest BCUT2D eigenvalue weighted by Crippen LogP contribution is -2.23. The van der Waals surface area contributed by atoms with Crippen molar-refractivity contribution in [1.29, 1.82) is 0 Å². The Kier molecular flexibility index (Phi) is 8.09. The van der Waals surface area contributed by atoms with Crippen LogP contribution in [0, 0.1) is 0 Å². The molecule has 0 saturated heterocycles. The average molecular weight is 520 g/mol. The molecule has 34 heavy (non-hydrogen) atoms. The molecule has 0 unspecified atom stereocenters. The van der Waals surface area contributed by atoms with Crippen LogP contribution in [0.2, 0.25) is 10.0 Å². The smallest absolute Gasteiger partial charge is 0.370 e. The summed E-state index contributed by atoms with van der Waals surface area (Å²) in [6.45, 7) is 7.60. The highest BCUT2D eigenvalue weighted by atomic mass is 35.5. The van der Waals surface area contributed by atoms with Gasteiger partial charge in [0.05, 0.1) is 5.92 Å². The van der Waals surface area contributed by atoms with Crippen LogP contribution in [-0.4, -0.2) is 14.2 Å². The second-order valence-electron chi connectivity index (χ2n) is 8.73. The molecule has 8 heteroatoms. The highest BCUT2D eigenvalue weighted by Crippen LogP contribution is 2.40. The predicted octanol–water partition coefficient (Wildman–Crippen LogP) is 6.84. The molecule has 2 N–H and O–H groups in total. The van der Waals surface area contributed by atoms with Gasteiger partial charge in [-0.05, 0) is 52.8 Å². The van der Waals surface area contributed by atoms with Gasteiger partial charge in [0.15, 0.2) is 11.5 Å². The zero-order valence-electron chi connectivity index (χ0n) is 19.4. The van der Waals surface area contributed by atoms with E-state index >= 15 is 0 Å². The van der Waals surface area contributed by atoms with E-state index in [0.29, 0.717) is 26.7 Å². The quantitative estimate of drug-likeness (QED) is 0.330. The summed E-state index contributed by atoms with van der Waals surface area (Å²) in [5, 5.41) is 6.35. The monoisotopic (exact) mass is 519 g/mol. The Morgan fingerprint density at radius 3 is 1.65 bits per heavy atom. The molecule has 0 bridgehead atoms. The third-order valence-corrected chi connectivity index (χ3v) is 6.46. The molecule has 0 heterocycles. The maximum absolute atomic E-state index is 14.1. The first kappa shape index (κ1) is 26.2. The minimum atomic E-state index is -4.31. The van der Waals surface area contributed by atoms with Crippen LogP contribution >= 0.6 is 23.2 Å². The topological polar surface area (TPSA) is 86.5 Å². The van der Waals surface area contributed by atoms with Gasteiger partial charge in [0.1, 0.15) is 0 Å². The van der Waals surface area contributed by atoms with Crippen LogP contribution in [0.1, 0.15) is 78.1 Å². The fraction of sp³-hybridized carbons (Fsp3) is 0.269. The summed E-state index contributed by atoms with van der Waals surface area (Å²) in [6.07, 6.45) is 0. The molecule has 0 aliphatic carbocycles. The van der Waals surface area contributed by atoms with E-state index in [1.807, 2.05) is 27.7 Å². The van der Waals surface area contributed by atoms with Crippen LogP contribution in [0.5, 0.6) is 5.75 Å². The predicted molar refractivity (Wildman–Crippen MR) is 137 cm³/mol. The number of hydrogen-bond acceptors (Lipinski definition) is 4. The van der Waals surface area contributed by atoms with Crippen LogP contribution in [-0.2, 0) is 10.3 Å². The van der Waals surface area contributed by atoms with Crippen molar-refractivity contribution in [1.82, 2.24) is 0 Å². The summed E-state index contributed by atoms with van der Waals surface area (Å²) >= 11 is 12.2. The second-order valence-corrected chi connectivity index (χ2v) is 10.8. The van der Waals surface area contributed by atoms with E-state index in [9.17, 15) is 13.2 Å². The fourth-order valence-corrected chi connectivity index (χ4v) is 4.70. The van der Waals surface area contributed by atoms with Crippen LogP contribution < -0.4 is 9.32 Å². The van der Waals surface area contributed by atoms with Gasteiger partial charge in [0.2, 0.25) is 0 Å². The maximum Gasteiger partial charge on any atom is 0.380 e. The second kappa shape index (κ2) is 10.5. The number of hydrogen-bond donors (Lipinski definition) is 1. The zero-order valence-corrected chi connectivity index (χ0v) is 21.7. The zero-order chi connectivity index (χ0) is 25.2. The lowest BCUT2D eigenvalue weighted by Gasteiger charge is -2.24. The van der Waals surface area contributed by atoms with Gasteiger partial charge in [-0.15, -0.1) is 0 Å². The third kappa shape index (κ3) is 5.99. The van der Waals surface area contributed by atoms with Crippen molar-refractivity contribution in [3.05, 3.63) is 98.5 Å². The van der Waals surface area contributed by atoms with Crippen molar-refractivity contribution in [2.45, 2.75) is 45.4 Å². The van der Waals surface area contributed by atoms with Gasteiger partial charge in [0.25, 0.3) is 0 Å². The van der Waals surface area contributed by atoms with Gasteiger partial charge < -0.3 is 4.18 Å². The molecule has 0 amide bonds. The van der Waals surface area contributed by atoms with Gasteiger partial charge in [-0.2, -0.15) is 13.6 Å². The molecule has 180 valence electrons. The molecule has 0 aromatic heterocycles. The number of carbonyl (C=O) groups excluding carboxylic acids is 1. The summed E-state index contributed by atoms with van der Waals surface area (Å²) in [6, 6.07) is 17.6. The normalized spacial score (nSPS) is 11.9. The summed E-state index contributed by atoms with van der Waals surface area (Å²) in [4.78, 5) is 14.1. The molecular formula is C26H27Cl2NO4S. The molecule has 3 rings (SSSR count). The number of carbonyl (C=O) groups is 1. The van der Waals surface area contributed by atoms with Crippen LogP contribution in [0.3, 0.4) is 0 Å². The van der Waals surface area contributed by atoms with E-state index in [2.05, 4.69) is 0 Å². The SMILES string of the molecule is CC(C)c1ccc(C(=O)C(c2ccc(Cl)cc2)c2ccc(Cl)cc2)c(C(C)C)c1OS(N)(=O)=O. The number of halogens is 2. The van der Waals surface area contributed by atoms with E-state index in [4.69, 9.17) is 32.5 Å². The molecule has 3 aromatic carbocycles. The third-order valence-electron chi connectivity index (χ3n) is 5.56. The fourth-order valence-electron chi connectivity index (χ4n) is 4.03. The van der Waals surface area contributed by atoms with Crippen molar-refractivity contribution >= 4 is 39.3 Å². The molecular weight excluding hydrogens is 493 g/mol. The number of rotatable bonds is 8. The molecule has 0 aliphatic heterocycles. The molecule has 5 nitrogen and oxygen atoms in total. The molecule has 0 atom stereocenters. The number of Topliss-reactive ketones (excluding diaryl/α,β-unsaturated/α-hetero) is 1. The van der Waals surface area contributed by atoms with E-state index in [0.717, 1.165) is 11.1 Å². The standard InChI is InChI=1S/C26H27Cl2NO4S/c1-15(2)21-13-14-22(23(16(3)4)26(21)33-34(29,31)32)25(30)24(17-5-9-19(27)10-6-17)18-7-11-20(28)12-8-18/h5-16,24H,1-4H3,(H2,29,31,32). The van der Waals surface area contributed by atoms with Crippen LogP contribution in [0.15, 0.2) is 60.7 Å². The van der Waals surface area contributed by atoms with Gasteiger partial charge in [-0.25, -0.2) is 0 Å². The maximum atomic E-state index is 14.1. The Bertz CT molecular complexity index is 1240. The Morgan fingerprint density at radius 2 is 1.26 bits per heavy atom. The highest BCUT2D eigenvalue weighted by Gasteiger charge is 2.30. The first-order chi connectivity index (χ1) is 15.9. The van der Waals surface area contributed by atoms with Crippen molar-refractivity contribution < 1.29 is 17.4 Å². The minimum Gasteiger partial charge on any atom is -0.370 e. The Labute approximate surface area is 211 Å². The van der Waals surface area contributed by atoms with E-state index < -0.39 is 16.2 Å². The molecule has 0 radical (unpaired) electrons. The van der Waals surface area contributed by atoms with Gasteiger partial charge >= 0.3 is 10.3 Å². The van der Waals surface area contributed by atoms with Crippen molar-refractivity contribution in [3.8, 4) is 5.75 Å².